The molecule has 5 atom stereocenters. The maximum Gasteiger partial charge on any atom is 0.186 e. The van der Waals surface area contributed by atoms with E-state index in [1.165, 1.54) is 7.11 Å². The molecule has 84 valence electrons. The number of ether oxygens (including phenoxy) is 2. The van der Waals surface area contributed by atoms with Gasteiger partial charge in [0.1, 0.15) is 18.3 Å². The van der Waals surface area contributed by atoms with E-state index < -0.39 is 30.7 Å². The van der Waals surface area contributed by atoms with Crippen molar-refractivity contribution in [3.8, 4) is 0 Å². The fourth-order valence-corrected chi connectivity index (χ4v) is 1.51. The van der Waals surface area contributed by atoms with E-state index in [2.05, 4.69) is 0 Å². The van der Waals surface area contributed by atoms with Gasteiger partial charge in [0.2, 0.25) is 0 Å². The van der Waals surface area contributed by atoms with Gasteiger partial charge < -0.3 is 30.5 Å². The second kappa shape index (κ2) is 5.01. The minimum absolute atomic E-state index is 0.334. The number of aliphatic hydroxyl groups is 3. The summed E-state index contributed by atoms with van der Waals surface area (Å²) in [6.45, 7) is 0.334. The molecule has 0 aliphatic carbocycles. The average molecular weight is 207 g/mol. The minimum atomic E-state index is -1.26. The number of nitrogens with two attached hydrogens (primary N) is 1. The van der Waals surface area contributed by atoms with Gasteiger partial charge in [-0.15, -0.1) is 0 Å². The van der Waals surface area contributed by atoms with Crippen LogP contribution in [-0.2, 0) is 9.47 Å². The van der Waals surface area contributed by atoms with Crippen LogP contribution in [0.4, 0.5) is 0 Å². The van der Waals surface area contributed by atoms with Gasteiger partial charge in [0.15, 0.2) is 6.29 Å². The lowest BCUT2D eigenvalue weighted by Gasteiger charge is -2.39. The first-order valence-corrected chi connectivity index (χ1v) is 4.54. The molecule has 1 rings (SSSR count). The zero-order valence-corrected chi connectivity index (χ0v) is 8.04. The van der Waals surface area contributed by atoms with Crippen molar-refractivity contribution in [1.82, 2.24) is 0 Å². The van der Waals surface area contributed by atoms with Crippen LogP contribution < -0.4 is 5.73 Å². The summed E-state index contributed by atoms with van der Waals surface area (Å²) in [5.41, 5.74) is 5.31. The molecule has 1 aliphatic heterocycles. The highest BCUT2D eigenvalue weighted by Gasteiger charge is 2.43. The second-order valence-electron chi connectivity index (χ2n) is 3.33. The van der Waals surface area contributed by atoms with Gasteiger partial charge in [0, 0.05) is 7.11 Å². The summed E-state index contributed by atoms with van der Waals surface area (Å²) in [5.74, 6) is 0. The van der Waals surface area contributed by atoms with Crippen LogP contribution in [0.5, 0.6) is 0 Å². The topological polar surface area (TPSA) is 105 Å². The Morgan fingerprint density at radius 3 is 2.36 bits per heavy atom. The zero-order valence-electron chi connectivity index (χ0n) is 8.04. The molecule has 0 aromatic carbocycles. The first-order chi connectivity index (χ1) is 6.61. The fraction of sp³-hybridized carbons (Fsp3) is 1.00. The Kier molecular flexibility index (Phi) is 4.24. The second-order valence-corrected chi connectivity index (χ2v) is 3.33. The molecule has 0 amide bonds. The number of aliphatic hydroxyl groups excluding tert-OH is 3. The monoisotopic (exact) mass is 207 g/mol. The van der Waals surface area contributed by atoms with E-state index in [9.17, 15) is 15.3 Å². The van der Waals surface area contributed by atoms with Crippen molar-refractivity contribution in [1.29, 1.82) is 0 Å². The zero-order chi connectivity index (χ0) is 10.7. The highest BCUT2D eigenvalue weighted by atomic mass is 16.7. The Bertz CT molecular complexity index is 175. The third kappa shape index (κ3) is 2.22. The van der Waals surface area contributed by atoms with E-state index in [0.29, 0.717) is 13.0 Å². The Balaban J connectivity index is 2.63. The smallest absolute Gasteiger partial charge is 0.186 e. The molecule has 6 heteroatoms. The van der Waals surface area contributed by atoms with Crippen LogP contribution >= 0.6 is 0 Å². The molecule has 0 aromatic rings. The molecule has 5 N–H and O–H groups in total. The van der Waals surface area contributed by atoms with Crippen LogP contribution in [0, 0.1) is 0 Å². The molecule has 0 spiro atoms. The van der Waals surface area contributed by atoms with E-state index in [1.54, 1.807) is 0 Å². The molecular weight excluding hydrogens is 190 g/mol. The van der Waals surface area contributed by atoms with E-state index in [1.807, 2.05) is 0 Å². The van der Waals surface area contributed by atoms with Crippen molar-refractivity contribution < 1.29 is 24.8 Å². The molecule has 6 nitrogen and oxygen atoms in total. The Labute approximate surface area is 82.2 Å². The summed E-state index contributed by atoms with van der Waals surface area (Å²) in [4.78, 5) is 0. The lowest BCUT2D eigenvalue weighted by atomic mass is 9.97. The average Bonchev–Trinajstić information content (AvgIpc) is 2.19. The van der Waals surface area contributed by atoms with Crippen LogP contribution in [-0.4, -0.2) is 59.7 Å². The van der Waals surface area contributed by atoms with E-state index >= 15 is 0 Å². The number of rotatable bonds is 3. The normalized spacial score (nSPS) is 43.9. The van der Waals surface area contributed by atoms with Crippen LogP contribution in [0.3, 0.4) is 0 Å². The Hall–Kier alpha value is -0.240. The molecule has 1 aliphatic rings. The van der Waals surface area contributed by atoms with Gasteiger partial charge in [-0.25, -0.2) is 0 Å². The third-order valence-corrected chi connectivity index (χ3v) is 2.35. The summed E-state index contributed by atoms with van der Waals surface area (Å²) >= 11 is 0. The largest absolute Gasteiger partial charge is 0.388 e. The number of methoxy groups -OCH3 is 1. The Morgan fingerprint density at radius 1 is 1.21 bits per heavy atom. The van der Waals surface area contributed by atoms with Crippen molar-refractivity contribution in [3.63, 3.8) is 0 Å². The SMILES string of the molecule is CO[C@@H]1OC(CCN)[C@H](O)[C@H](O)C1O. The van der Waals surface area contributed by atoms with Crippen LogP contribution in [0.25, 0.3) is 0 Å². The van der Waals surface area contributed by atoms with Gasteiger partial charge in [0.25, 0.3) is 0 Å². The van der Waals surface area contributed by atoms with Crippen LogP contribution in [0.15, 0.2) is 0 Å². The third-order valence-electron chi connectivity index (χ3n) is 2.35. The first-order valence-electron chi connectivity index (χ1n) is 4.54. The molecule has 14 heavy (non-hydrogen) atoms. The predicted molar refractivity (Wildman–Crippen MR) is 47.4 cm³/mol. The molecule has 0 bridgehead atoms. The summed E-state index contributed by atoms with van der Waals surface area (Å²) in [6.07, 6.45) is -4.72. The van der Waals surface area contributed by atoms with Crippen molar-refractivity contribution in [2.45, 2.75) is 37.1 Å². The standard InChI is InChI=1S/C8H17NO5/c1-13-8-7(12)6(11)5(10)4(14-8)2-3-9/h4-8,10-12H,2-3,9H2,1H3/t4?,5-,6-,7?,8+/m0/s1. The maximum atomic E-state index is 9.51. The quantitative estimate of drug-likeness (QED) is 0.418. The van der Waals surface area contributed by atoms with Crippen LogP contribution in [0.1, 0.15) is 6.42 Å². The van der Waals surface area contributed by atoms with Gasteiger partial charge in [0.05, 0.1) is 6.10 Å². The predicted octanol–water partition coefficient (Wildman–Crippen LogP) is -2.21. The van der Waals surface area contributed by atoms with Gasteiger partial charge in [-0.2, -0.15) is 0 Å². The molecule has 1 fully saturated rings. The molecule has 2 unspecified atom stereocenters. The summed E-state index contributed by atoms with van der Waals surface area (Å²) in [6, 6.07) is 0. The Morgan fingerprint density at radius 2 is 1.86 bits per heavy atom. The summed E-state index contributed by atoms with van der Waals surface area (Å²) < 4.78 is 10.0. The van der Waals surface area contributed by atoms with E-state index in [-0.39, 0.29) is 0 Å². The van der Waals surface area contributed by atoms with Crippen molar-refractivity contribution in [2.24, 2.45) is 5.73 Å². The van der Waals surface area contributed by atoms with Gasteiger partial charge in [-0.1, -0.05) is 0 Å². The lowest BCUT2D eigenvalue weighted by Crippen LogP contribution is -2.58. The van der Waals surface area contributed by atoms with Crippen molar-refractivity contribution >= 4 is 0 Å². The lowest BCUT2D eigenvalue weighted by molar-refractivity contribution is -0.290. The number of hydrogen-bond acceptors (Lipinski definition) is 6. The molecule has 1 heterocycles. The maximum absolute atomic E-state index is 9.51. The van der Waals surface area contributed by atoms with E-state index in [4.69, 9.17) is 15.2 Å². The highest BCUT2D eigenvalue weighted by molar-refractivity contribution is 4.88. The fourth-order valence-electron chi connectivity index (χ4n) is 1.51. The molecule has 0 radical (unpaired) electrons. The van der Waals surface area contributed by atoms with Gasteiger partial charge in [-0.05, 0) is 13.0 Å². The molecule has 0 aromatic heterocycles. The molecule has 1 saturated heterocycles. The summed E-state index contributed by atoms with van der Waals surface area (Å²) in [5, 5.41) is 28.4. The van der Waals surface area contributed by atoms with Gasteiger partial charge in [-0.3, -0.25) is 0 Å². The molecule has 0 saturated carbocycles. The minimum Gasteiger partial charge on any atom is -0.388 e. The summed E-state index contributed by atoms with van der Waals surface area (Å²) in [7, 11) is 1.36. The van der Waals surface area contributed by atoms with Gasteiger partial charge >= 0.3 is 0 Å². The highest BCUT2D eigenvalue weighted by Crippen LogP contribution is 2.22. The molecular formula is C8H17NO5. The first kappa shape index (κ1) is 11.8. The van der Waals surface area contributed by atoms with Crippen LogP contribution in [0.2, 0.25) is 0 Å². The van der Waals surface area contributed by atoms with Crippen molar-refractivity contribution in [3.05, 3.63) is 0 Å². The van der Waals surface area contributed by atoms with Crippen molar-refractivity contribution in [2.75, 3.05) is 13.7 Å². The number of hydrogen-bond donors (Lipinski definition) is 4. The van der Waals surface area contributed by atoms with E-state index in [0.717, 1.165) is 0 Å².